The van der Waals surface area contributed by atoms with E-state index in [0.717, 1.165) is 45.2 Å². The molecule has 2 aromatic heterocycles. The smallest absolute Gasteiger partial charge is 0.246 e. The maximum absolute atomic E-state index is 13.8. The number of halogens is 2. The van der Waals surface area contributed by atoms with Crippen molar-refractivity contribution in [3.05, 3.63) is 60.7 Å². The number of carbonyl (C=O) groups excluding carboxylic acids is 1. The summed E-state index contributed by atoms with van der Waals surface area (Å²) in [4.78, 5) is 23.5. The number of benzene rings is 2. The van der Waals surface area contributed by atoms with E-state index in [4.69, 9.17) is 9.47 Å². The van der Waals surface area contributed by atoms with Crippen LogP contribution in [-0.4, -0.2) is 77.0 Å². The number of ether oxygens (including phenoxy) is 2. The number of aromatic nitrogens is 4. The molecule has 0 atom stereocenters. The van der Waals surface area contributed by atoms with E-state index in [2.05, 4.69) is 35.9 Å². The summed E-state index contributed by atoms with van der Waals surface area (Å²) in [5.74, 6) is -1.04. The van der Waals surface area contributed by atoms with Crippen molar-refractivity contribution in [2.45, 2.75) is 13.0 Å². The largest absolute Gasteiger partial charge is 0.493 e. The lowest BCUT2D eigenvalue weighted by atomic mass is 10.2. The third-order valence-electron chi connectivity index (χ3n) is 6.43. The average Bonchev–Trinajstić information content (AvgIpc) is 3.40. The van der Waals surface area contributed by atoms with Gasteiger partial charge < -0.3 is 30.3 Å². The van der Waals surface area contributed by atoms with E-state index >= 15 is 0 Å². The van der Waals surface area contributed by atoms with E-state index in [0.29, 0.717) is 40.5 Å². The first-order valence-electron chi connectivity index (χ1n) is 12.9. The number of anilines is 3. The minimum atomic E-state index is -1.12. The highest BCUT2D eigenvalue weighted by Crippen LogP contribution is 2.34. The normalized spacial score (nSPS) is 13.8. The zero-order chi connectivity index (χ0) is 27.9. The summed E-state index contributed by atoms with van der Waals surface area (Å²) in [5, 5.41) is 13.8. The number of rotatable bonds is 11. The minimum absolute atomic E-state index is 0.203. The topological polar surface area (TPSA) is 118 Å². The number of amides is 1. The maximum Gasteiger partial charge on any atom is 0.246 e. The molecule has 11 nitrogen and oxygen atoms in total. The number of hydrogen-bond donors (Lipinski definition) is 3. The molecule has 13 heteroatoms. The molecule has 0 radical (unpaired) electrons. The molecule has 0 spiro atoms. The van der Waals surface area contributed by atoms with Gasteiger partial charge >= 0.3 is 0 Å². The quantitative estimate of drug-likeness (QED) is 0.241. The standard InChI is InChI=1S/C27H30F2N8O3/c1-39-23-12-19-22(13-24(23)40-11-3-8-36-9-6-30-7-10-36)31-17-32-27(19)34-18-14-33-37(15-18)16-25(38)35-21-5-2-4-20(28)26(21)29/h2,4-5,12-15,17,30H,3,6-11,16H2,1H3,(H,35,38)(H,31,32,34). The van der Waals surface area contributed by atoms with Gasteiger partial charge in [0.2, 0.25) is 5.91 Å². The Kier molecular flexibility index (Phi) is 8.62. The van der Waals surface area contributed by atoms with Crippen molar-refractivity contribution < 1.29 is 23.0 Å². The van der Waals surface area contributed by atoms with Crippen LogP contribution in [-0.2, 0) is 11.3 Å². The number of nitrogens with zero attached hydrogens (tertiary/aromatic N) is 5. The number of carbonyl (C=O) groups is 1. The van der Waals surface area contributed by atoms with Crippen LogP contribution in [0.2, 0.25) is 0 Å². The third kappa shape index (κ3) is 6.61. The molecule has 1 saturated heterocycles. The Balaban J connectivity index is 1.22. The summed E-state index contributed by atoms with van der Waals surface area (Å²) in [5.41, 5.74) is 0.996. The molecule has 1 aliphatic heterocycles. The number of methoxy groups -OCH3 is 1. The van der Waals surface area contributed by atoms with E-state index in [1.54, 1.807) is 13.3 Å². The lowest BCUT2D eigenvalue weighted by molar-refractivity contribution is -0.116. The lowest BCUT2D eigenvalue weighted by Crippen LogP contribution is -2.43. The fraction of sp³-hybridized carbons (Fsp3) is 0.333. The number of piperazine rings is 1. The van der Waals surface area contributed by atoms with Gasteiger partial charge in [-0.25, -0.2) is 18.7 Å². The lowest BCUT2D eigenvalue weighted by Gasteiger charge is -2.27. The van der Waals surface area contributed by atoms with Gasteiger partial charge in [0.25, 0.3) is 0 Å². The molecule has 1 aliphatic rings. The van der Waals surface area contributed by atoms with E-state index < -0.39 is 17.5 Å². The second-order valence-corrected chi connectivity index (χ2v) is 9.24. The van der Waals surface area contributed by atoms with E-state index in [1.165, 1.54) is 29.3 Å². The predicted octanol–water partition coefficient (Wildman–Crippen LogP) is 3.17. The van der Waals surface area contributed by atoms with Gasteiger partial charge in [-0.1, -0.05) is 6.07 Å². The molecule has 0 aliphatic carbocycles. The van der Waals surface area contributed by atoms with Crippen molar-refractivity contribution in [3.8, 4) is 11.5 Å². The highest BCUT2D eigenvalue weighted by Gasteiger charge is 2.15. The molecular weight excluding hydrogens is 522 g/mol. The summed E-state index contributed by atoms with van der Waals surface area (Å²) in [7, 11) is 1.58. The van der Waals surface area contributed by atoms with E-state index in [1.807, 2.05) is 12.1 Å². The van der Waals surface area contributed by atoms with Gasteiger partial charge in [-0.2, -0.15) is 5.10 Å². The summed E-state index contributed by atoms with van der Waals surface area (Å²) >= 11 is 0. The average molecular weight is 553 g/mol. The first-order chi connectivity index (χ1) is 19.5. The van der Waals surface area contributed by atoms with Crippen molar-refractivity contribution in [2.24, 2.45) is 0 Å². The van der Waals surface area contributed by atoms with Crippen molar-refractivity contribution in [1.29, 1.82) is 0 Å². The molecule has 0 unspecified atom stereocenters. The Bertz CT molecular complexity index is 1480. The van der Waals surface area contributed by atoms with Gasteiger partial charge in [0.15, 0.2) is 23.1 Å². The fourth-order valence-electron chi connectivity index (χ4n) is 4.43. The van der Waals surface area contributed by atoms with Gasteiger partial charge in [-0.05, 0) is 24.6 Å². The molecule has 1 amide bonds. The van der Waals surface area contributed by atoms with Crippen LogP contribution in [0.3, 0.4) is 0 Å². The van der Waals surface area contributed by atoms with Crippen molar-refractivity contribution in [1.82, 2.24) is 30.0 Å². The van der Waals surface area contributed by atoms with Gasteiger partial charge in [-0.15, -0.1) is 0 Å². The molecule has 0 saturated carbocycles. The molecule has 3 N–H and O–H groups in total. The Labute approximate surface area is 229 Å². The first kappa shape index (κ1) is 27.2. The second kappa shape index (κ2) is 12.7. The van der Waals surface area contributed by atoms with Crippen molar-refractivity contribution in [2.75, 3.05) is 57.1 Å². The third-order valence-corrected chi connectivity index (χ3v) is 6.43. The molecule has 3 heterocycles. The van der Waals surface area contributed by atoms with Crippen LogP contribution in [0.1, 0.15) is 6.42 Å². The number of fused-ring (bicyclic) bond motifs is 1. The van der Waals surface area contributed by atoms with Crippen LogP contribution in [0.15, 0.2) is 49.1 Å². The minimum Gasteiger partial charge on any atom is -0.493 e. The molecule has 2 aromatic carbocycles. The Morgan fingerprint density at radius 2 is 2.00 bits per heavy atom. The van der Waals surface area contributed by atoms with Crippen LogP contribution in [0.5, 0.6) is 11.5 Å². The summed E-state index contributed by atoms with van der Waals surface area (Å²) in [6, 6.07) is 7.21. The first-order valence-corrected chi connectivity index (χ1v) is 12.9. The highest BCUT2D eigenvalue weighted by molar-refractivity contribution is 5.93. The second-order valence-electron chi connectivity index (χ2n) is 9.24. The zero-order valence-electron chi connectivity index (χ0n) is 22.0. The Morgan fingerprint density at radius 3 is 2.83 bits per heavy atom. The molecule has 4 aromatic rings. The molecular formula is C27H30F2N8O3. The molecule has 40 heavy (non-hydrogen) atoms. The van der Waals surface area contributed by atoms with Gasteiger partial charge in [-0.3, -0.25) is 9.48 Å². The summed E-state index contributed by atoms with van der Waals surface area (Å²) < 4.78 is 40.2. The monoisotopic (exact) mass is 552 g/mol. The van der Waals surface area contributed by atoms with E-state index in [-0.39, 0.29) is 12.2 Å². The van der Waals surface area contributed by atoms with Crippen molar-refractivity contribution >= 4 is 34.0 Å². The maximum atomic E-state index is 13.8. The SMILES string of the molecule is COc1cc2c(Nc3cnn(CC(=O)Nc4cccc(F)c4F)c3)ncnc2cc1OCCCN1CCNCC1. The Hall–Kier alpha value is -4.36. The highest BCUT2D eigenvalue weighted by atomic mass is 19.2. The van der Waals surface area contributed by atoms with Crippen LogP contribution in [0.25, 0.3) is 10.9 Å². The molecule has 1 fully saturated rings. The predicted molar refractivity (Wildman–Crippen MR) is 146 cm³/mol. The summed E-state index contributed by atoms with van der Waals surface area (Å²) in [6.07, 6.45) is 5.47. The molecule has 5 rings (SSSR count). The van der Waals surface area contributed by atoms with Crippen LogP contribution in [0, 0.1) is 11.6 Å². The molecule has 0 bridgehead atoms. The Morgan fingerprint density at radius 1 is 1.15 bits per heavy atom. The van der Waals surface area contributed by atoms with Crippen LogP contribution in [0.4, 0.5) is 26.0 Å². The van der Waals surface area contributed by atoms with Crippen LogP contribution < -0.4 is 25.4 Å². The van der Waals surface area contributed by atoms with Gasteiger partial charge in [0.05, 0.1) is 36.8 Å². The van der Waals surface area contributed by atoms with Crippen LogP contribution >= 0.6 is 0 Å². The zero-order valence-corrected chi connectivity index (χ0v) is 22.0. The fourth-order valence-corrected chi connectivity index (χ4v) is 4.43. The van der Waals surface area contributed by atoms with E-state index in [9.17, 15) is 13.6 Å². The number of nitrogens with one attached hydrogen (secondary N) is 3. The molecule has 210 valence electrons. The summed E-state index contributed by atoms with van der Waals surface area (Å²) in [6.45, 7) is 5.46. The number of hydrogen-bond acceptors (Lipinski definition) is 9. The van der Waals surface area contributed by atoms with Gasteiger partial charge in [0.1, 0.15) is 18.7 Å². The van der Waals surface area contributed by atoms with Gasteiger partial charge in [0, 0.05) is 50.4 Å². The van der Waals surface area contributed by atoms with Crippen molar-refractivity contribution in [3.63, 3.8) is 0 Å².